The molecule has 40 heavy (non-hydrogen) atoms. The van der Waals surface area contributed by atoms with Crippen molar-refractivity contribution in [3.8, 4) is 34.5 Å². The highest BCUT2D eigenvalue weighted by Crippen LogP contribution is 2.44. The molecule has 0 bridgehead atoms. The molecule has 204 valence electrons. The summed E-state index contributed by atoms with van der Waals surface area (Å²) in [6, 6.07) is 26.1. The van der Waals surface area contributed by atoms with Crippen LogP contribution in [-0.4, -0.2) is 42.7 Å². The molecule has 6 heteroatoms. The van der Waals surface area contributed by atoms with Gasteiger partial charge in [0.25, 0.3) is 0 Å². The van der Waals surface area contributed by atoms with E-state index in [1.54, 1.807) is 42.7 Å². The lowest BCUT2D eigenvalue weighted by Gasteiger charge is -2.19. The monoisotopic (exact) mass is 536 g/mol. The van der Waals surface area contributed by atoms with Crippen LogP contribution < -0.4 is 28.4 Å². The van der Waals surface area contributed by atoms with Gasteiger partial charge in [-0.05, 0) is 93.0 Å². The molecule has 0 fully saturated rings. The fourth-order valence-corrected chi connectivity index (χ4v) is 4.97. The summed E-state index contributed by atoms with van der Waals surface area (Å²) in [6.45, 7) is 0. The van der Waals surface area contributed by atoms with Crippen LogP contribution in [0.5, 0.6) is 34.5 Å². The maximum Gasteiger partial charge on any atom is 0.131 e. The lowest BCUT2D eigenvalue weighted by Crippen LogP contribution is -1.97. The second-order valence-electron chi connectivity index (χ2n) is 9.20. The van der Waals surface area contributed by atoms with Crippen LogP contribution in [0.25, 0.3) is 33.2 Å². The van der Waals surface area contributed by atoms with E-state index in [4.69, 9.17) is 28.4 Å². The van der Waals surface area contributed by atoms with E-state index in [-0.39, 0.29) is 0 Å². The van der Waals surface area contributed by atoms with Gasteiger partial charge in [0.1, 0.15) is 34.5 Å². The van der Waals surface area contributed by atoms with Gasteiger partial charge < -0.3 is 28.4 Å². The molecule has 0 radical (unpaired) electrons. The van der Waals surface area contributed by atoms with Crippen molar-refractivity contribution in [1.82, 2.24) is 0 Å². The number of methoxy groups -OCH3 is 6. The Hall–Kier alpha value is -4.84. The van der Waals surface area contributed by atoms with Gasteiger partial charge in [0.15, 0.2) is 0 Å². The van der Waals surface area contributed by atoms with E-state index in [1.807, 2.05) is 66.7 Å². The number of benzene rings is 5. The molecule has 0 amide bonds. The summed E-state index contributed by atoms with van der Waals surface area (Å²) in [5, 5.41) is 4.00. The van der Waals surface area contributed by atoms with Gasteiger partial charge in [0.2, 0.25) is 0 Å². The molecule has 6 nitrogen and oxygen atoms in total. The van der Waals surface area contributed by atoms with Crippen molar-refractivity contribution in [1.29, 1.82) is 0 Å². The fourth-order valence-electron chi connectivity index (χ4n) is 4.97. The van der Waals surface area contributed by atoms with E-state index >= 15 is 0 Å². The Morgan fingerprint density at radius 1 is 0.500 bits per heavy atom. The number of fused-ring (bicyclic) bond motifs is 3. The molecular weight excluding hydrogens is 504 g/mol. The van der Waals surface area contributed by atoms with E-state index < -0.39 is 0 Å². The van der Waals surface area contributed by atoms with Crippen LogP contribution in [0.15, 0.2) is 78.9 Å². The molecule has 0 spiro atoms. The van der Waals surface area contributed by atoms with Crippen LogP contribution >= 0.6 is 0 Å². The van der Waals surface area contributed by atoms with Gasteiger partial charge in [-0.2, -0.15) is 0 Å². The van der Waals surface area contributed by atoms with Crippen molar-refractivity contribution in [3.05, 3.63) is 95.6 Å². The lowest BCUT2D eigenvalue weighted by molar-refractivity contribution is 0.394. The normalized spacial score (nSPS) is 11.4. The second kappa shape index (κ2) is 11.5. The SMILES string of the molecule is COc1ccc(/C=C(\c2cc(OC)cc(OC)c2)c2cc3ccc(OC)cc3c3c(OC)cc(OC)cc23)cc1. The first-order valence-electron chi connectivity index (χ1n) is 12.8. The van der Waals surface area contributed by atoms with Crippen LogP contribution in [0.2, 0.25) is 0 Å². The Bertz CT molecular complexity index is 1680. The van der Waals surface area contributed by atoms with Crippen molar-refractivity contribution in [2.75, 3.05) is 42.7 Å². The molecule has 0 saturated heterocycles. The Kier molecular flexibility index (Phi) is 7.69. The van der Waals surface area contributed by atoms with Gasteiger partial charge in [-0.15, -0.1) is 0 Å². The Morgan fingerprint density at radius 3 is 1.68 bits per heavy atom. The summed E-state index contributed by atoms with van der Waals surface area (Å²) < 4.78 is 33.9. The smallest absolute Gasteiger partial charge is 0.131 e. The highest BCUT2D eigenvalue weighted by molar-refractivity contribution is 6.17. The van der Waals surface area contributed by atoms with Crippen molar-refractivity contribution in [2.24, 2.45) is 0 Å². The fraction of sp³-hybridized carbons (Fsp3) is 0.176. The van der Waals surface area contributed by atoms with E-state index in [2.05, 4.69) is 18.2 Å². The third kappa shape index (κ3) is 5.08. The molecule has 0 N–H and O–H groups in total. The van der Waals surface area contributed by atoms with E-state index in [0.717, 1.165) is 55.3 Å². The highest BCUT2D eigenvalue weighted by Gasteiger charge is 2.19. The number of hydrogen-bond acceptors (Lipinski definition) is 6. The van der Waals surface area contributed by atoms with Crippen molar-refractivity contribution in [3.63, 3.8) is 0 Å². The molecule has 0 aliphatic heterocycles. The molecule has 5 aromatic carbocycles. The molecule has 5 aromatic rings. The van der Waals surface area contributed by atoms with Crippen LogP contribution in [0, 0.1) is 0 Å². The minimum Gasteiger partial charge on any atom is -0.497 e. The molecule has 0 saturated carbocycles. The molecule has 0 unspecified atom stereocenters. The predicted molar refractivity (Wildman–Crippen MR) is 161 cm³/mol. The second-order valence-corrected chi connectivity index (χ2v) is 9.20. The Morgan fingerprint density at radius 2 is 1.07 bits per heavy atom. The zero-order valence-electron chi connectivity index (χ0n) is 23.5. The van der Waals surface area contributed by atoms with E-state index in [9.17, 15) is 0 Å². The van der Waals surface area contributed by atoms with E-state index in [0.29, 0.717) is 23.0 Å². The Balaban J connectivity index is 1.92. The molecule has 5 rings (SSSR count). The third-order valence-corrected chi connectivity index (χ3v) is 7.03. The highest BCUT2D eigenvalue weighted by atomic mass is 16.5. The van der Waals surface area contributed by atoms with Crippen LogP contribution in [0.3, 0.4) is 0 Å². The molecular formula is C34H32O6. The molecule has 0 aliphatic carbocycles. The van der Waals surface area contributed by atoms with Crippen molar-refractivity contribution < 1.29 is 28.4 Å². The van der Waals surface area contributed by atoms with Crippen molar-refractivity contribution in [2.45, 2.75) is 0 Å². The van der Waals surface area contributed by atoms with Crippen molar-refractivity contribution >= 4 is 33.2 Å². The number of ether oxygens (including phenoxy) is 6. The molecule has 0 atom stereocenters. The van der Waals surface area contributed by atoms with Gasteiger partial charge in [0, 0.05) is 17.5 Å². The first-order chi connectivity index (χ1) is 19.5. The molecule has 0 heterocycles. The largest absolute Gasteiger partial charge is 0.497 e. The lowest BCUT2D eigenvalue weighted by atomic mass is 9.88. The minimum absolute atomic E-state index is 0.694. The number of hydrogen-bond donors (Lipinski definition) is 0. The third-order valence-electron chi connectivity index (χ3n) is 7.03. The average Bonchev–Trinajstić information content (AvgIpc) is 3.02. The zero-order chi connectivity index (χ0) is 28.2. The average molecular weight is 537 g/mol. The maximum atomic E-state index is 5.91. The summed E-state index contributed by atoms with van der Waals surface area (Å²) in [7, 11) is 9.97. The number of rotatable bonds is 9. The summed E-state index contributed by atoms with van der Waals surface area (Å²) in [5.74, 6) is 4.36. The van der Waals surface area contributed by atoms with Gasteiger partial charge >= 0.3 is 0 Å². The minimum atomic E-state index is 0.694. The quantitative estimate of drug-likeness (QED) is 0.143. The maximum absolute atomic E-state index is 5.91. The summed E-state index contributed by atoms with van der Waals surface area (Å²) >= 11 is 0. The van der Waals surface area contributed by atoms with Gasteiger partial charge in [-0.3, -0.25) is 0 Å². The predicted octanol–water partition coefficient (Wildman–Crippen LogP) is 7.63. The van der Waals surface area contributed by atoms with Gasteiger partial charge in [-0.25, -0.2) is 0 Å². The van der Waals surface area contributed by atoms with Crippen LogP contribution in [-0.2, 0) is 0 Å². The van der Waals surface area contributed by atoms with Crippen LogP contribution in [0.1, 0.15) is 16.7 Å². The zero-order valence-corrected chi connectivity index (χ0v) is 23.5. The van der Waals surface area contributed by atoms with Crippen LogP contribution in [0.4, 0.5) is 0 Å². The van der Waals surface area contributed by atoms with Gasteiger partial charge in [-0.1, -0.05) is 18.2 Å². The summed E-state index contributed by atoms with van der Waals surface area (Å²) in [6.07, 6.45) is 2.16. The standard InChI is InChI=1S/C34H32O6/c1-35-24-10-7-21(8-11-24)13-29(23-14-26(37-3)17-27(15-23)38-4)31-16-22-9-12-25(36-2)18-30(22)34-32(31)19-28(39-5)20-33(34)40-6/h7-20H,1-6H3/b29-13+. The van der Waals surface area contributed by atoms with E-state index in [1.165, 1.54) is 0 Å². The first-order valence-corrected chi connectivity index (χ1v) is 12.8. The topological polar surface area (TPSA) is 55.4 Å². The molecule has 0 aliphatic rings. The molecule has 0 aromatic heterocycles. The summed E-state index contributed by atoms with van der Waals surface area (Å²) in [4.78, 5) is 0. The Labute approximate surface area is 234 Å². The summed E-state index contributed by atoms with van der Waals surface area (Å²) in [5.41, 5.74) is 3.91. The first kappa shape index (κ1) is 26.8. The van der Waals surface area contributed by atoms with Gasteiger partial charge in [0.05, 0.1) is 42.7 Å².